The minimum atomic E-state index is -4.36. The first-order chi connectivity index (χ1) is 12.3. The predicted octanol–water partition coefficient (Wildman–Crippen LogP) is 5.63. The minimum Gasteiger partial charge on any atom is -0.496 e. The fraction of sp³-hybridized carbons (Fsp3) is 0.250. The van der Waals surface area contributed by atoms with Crippen molar-refractivity contribution in [2.24, 2.45) is 5.16 Å². The molecule has 0 aliphatic rings. The Hall–Kier alpha value is -2.76. The smallest absolute Gasteiger partial charge is 0.416 e. The van der Waals surface area contributed by atoms with E-state index >= 15 is 0 Å². The maximum atomic E-state index is 12.7. The molecule has 0 aromatic heterocycles. The Morgan fingerprint density at radius 3 is 2.58 bits per heavy atom. The normalized spacial score (nSPS) is 12.5. The molecule has 0 aliphatic carbocycles. The van der Waals surface area contributed by atoms with Gasteiger partial charge >= 0.3 is 6.18 Å². The van der Waals surface area contributed by atoms with E-state index in [1.54, 1.807) is 32.3 Å². The Labute approximate surface area is 150 Å². The first-order valence-electron chi connectivity index (χ1n) is 7.95. The SMILES string of the molecule is COc1c(C)cccc1CON=C(C)C=Cc1cccc(C(F)(F)F)c1. The van der Waals surface area contributed by atoms with Crippen molar-refractivity contribution < 1.29 is 22.7 Å². The van der Waals surface area contributed by atoms with E-state index in [0.29, 0.717) is 11.3 Å². The van der Waals surface area contributed by atoms with E-state index in [-0.39, 0.29) is 6.61 Å². The van der Waals surface area contributed by atoms with Gasteiger partial charge in [0.2, 0.25) is 0 Å². The second kappa shape index (κ2) is 8.56. The molecule has 0 N–H and O–H groups in total. The largest absolute Gasteiger partial charge is 0.496 e. The number of methoxy groups -OCH3 is 1. The topological polar surface area (TPSA) is 30.8 Å². The molecule has 0 amide bonds. The fourth-order valence-electron chi connectivity index (χ4n) is 2.39. The molecule has 6 heteroatoms. The molecule has 0 atom stereocenters. The van der Waals surface area contributed by atoms with Gasteiger partial charge in [0.1, 0.15) is 12.4 Å². The van der Waals surface area contributed by atoms with Gasteiger partial charge in [-0.2, -0.15) is 13.2 Å². The van der Waals surface area contributed by atoms with Crippen molar-refractivity contribution in [3.05, 3.63) is 70.8 Å². The molecule has 2 aromatic rings. The molecule has 0 aliphatic heterocycles. The Balaban J connectivity index is 2.01. The van der Waals surface area contributed by atoms with E-state index in [1.165, 1.54) is 6.07 Å². The van der Waals surface area contributed by atoms with Crippen LogP contribution in [0.25, 0.3) is 6.08 Å². The monoisotopic (exact) mass is 363 g/mol. The quantitative estimate of drug-likeness (QED) is 0.492. The van der Waals surface area contributed by atoms with Crippen LogP contribution < -0.4 is 4.74 Å². The van der Waals surface area contributed by atoms with Crippen molar-refractivity contribution in [1.82, 2.24) is 0 Å². The molecule has 0 radical (unpaired) electrons. The fourth-order valence-corrected chi connectivity index (χ4v) is 2.39. The molecule has 0 saturated heterocycles. The number of para-hydroxylation sites is 1. The van der Waals surface area contributed by atoms with Crippen LogP contribution in [0.4, 0.5) is 13.2 Å². The lowest BCUT2D eigenvalue weighted by molar-refractivity contribution is -0.137. The number of hydrogen-bond acceptors (Lipinski definition) is 3. The number of halogens is 3. The lowest BCUT2D eigenvalue weighted by atomic mass is 10.1. The van der Waals surface area contributed by atoms with Crippen LogP contribution in [0.3, 0.4) is 0 Å². The number of aryl methyl sites for hydroxylation is 1. The Bertz CT molecular complexity index is 811. The maximum Gasteiger partial charge on any atom is 0.416 e. The van der Waals surface area contributed by atoms with Gasteiger partial charge in [0.25, 0.3) is 0 Å². The molecule has 0 heterocycles. The van der Waals surface area contributed by atoms with Crippen molar-refractivity contribution in [2.75, 3.05) is 7.11 Å². The highest BCUT2D eigenvalue weighted by Crippen LogP contribution is 2.29. The molecule has 2 aromatic carbocycles. The summed E-state index contributed by atoms with van der Waals surface area (Å²) in [5, 5.41) is 3.96. The summed E-state index contributed by atoms with van der Waals surface area (Å²) in [4.78, 5) is 5.32. The summed E-state index contributed by atoms with van der Waals surface area (Å²) >= 11 is 0. The van der Waals surface area contributed by atoms with Gasteiger partial charge in [-0.3, -0.25) is 0 Å². The zero-order valence-corrected chi connectivity index (χ0v) is 14.8. The van der Waals surface area contributed by atoms with Gasteiger partial charge in [-0.25, -0.2) is 0 Å². The Kier molecular flexibility index (Phi) is 6.44. The van der Waals surface area contributed by atoms with Gasteiger partial charge in [0.05, 0.1) is 18.4 Å². The maximum absolute atomic E-state index is 12.7. The summed E-state index contributed by atoms with van der Waals surface area (Å²) in [6, 6.07) is 10.8. The molecule has 2 rings (SSSR count). The van der Waals surface area contributed by atoms with Crippen LogP contribution in [-0.4, -0.2) is 12.8 Å². The van der Waals surface area contributed by atoms with Gasteiger partial charge in [-0.15, -0.1) is 0 Å². The van der Waals surface area contributed by atoms with Crippen molar-refractivity contribution in [3.8, 4) is 5.75 Å². The molecule has 0 bridgehead atoms. The summed E-state index contributed by atoms with van der Waals surface area (Å²) in [5.74, 6) is 0.750. The minimum absolute atomic E-state index is 0.236. The molecule has 138 valence electrons. The third-order valence-corrected chi connectivity index (χ3v) is 3.66. The second-order valence-corrected chi connectivity index (χ2v) is 5.73. The third kappa shape index (κ3) is 5.37. The first-order valence-corrected chi connectivity index (χ1v) is 7.95. The van der Waals surface area contributed by atoms with Crippen LogP contribution in [0.1, 0.15) is 29.2 Å². The molecular formula is C20H20F3NO2. The van der Waals surface area contributed by atoms with Crippen LogP contribution in [0.15, 0.2) is 53.7 Å². The van der Waals surface area contributed by atoms with Gasteiger partial charge in [0.15, 0.2) is 0 Å². The third-order valence-electron chi connectivity index (χ3n) is 3.66. The van der Waals surface area contributed by atoms with Crippen LogP contribution in [0.5, 0.6) is 5.75 Å². The Morgan fingerprint density at radius 2 is 1.88 bits per heavy atom. The average Bonchev–Trinajstić information content (AvgIpc) is 2.60. The van der Waals surface area contributed by atoms with Crippen molar-refractivity contribution in [2.45, 2.75) is 26.6 Å². The van der Waals surface area contributed by atoms with Crippen LogP contribution in [0.2, 0.25) is 0 Å². The highest BCUT2D eigenvalue weighted by atomic mass is 19.4. The van der Waals surface area contributed by atoms with E-state index in [1.807, 2.05) is 25.1 Å². The zero-order valence-electron chi connectivity index (χ0n) is 14.8. The van der Waals surface area contributed by atoms with E-state index in [2.05, 4.69) is 5.16 Å². The van der Waals surface area contributed by atoms with Crippen molar-refractivity contribution in [3.63, 3.8) is 0 Å². The number of allylic oxidation sites excluding steroid dienone is 1. The van der Waals surface area contributed by atoms with Crippen LogP contribution in [0, 0.1) is 6.92 Å². The highest BCUT2D eigenvalue weighted by molar-refractivity contribution is 5.95. The molecule has 0 saturated carbocycles. The summed E-state index contributed by atoms with van der Waals surface area (Å²) in [7, 11) is 1.60. The molecule has 0 fully saturated rings. The summed E-state index contributed by atoms with van der Waals surface area (Å²) in [5.41, 5.74) is 2.16. The standard InChI is InChI=1S/C20H20F3NO2/c1-14-6-4-8-17(19(14)25-3)13-26-24-15(2)10-11-16-7-5-9-18(12-16)20(21,22)23/h4-12H,13H2,1-3H3. The summed E-state index contributed by atoms with van der Waals surface area (Å²) < 4.78 is 43.5. The van der Waals surface area contributed by atoms with Gasteiger partial charge in [-0.05, 0) is 43.2 Å². The van der Waals surface area contributed by atoms with E-state index in [0.717, 1.165) is 29.0 Å². The number of oxime groups is 1. The Morgan fingerprint density at radius 1 is 1.15 bits per heavy atom. The van der Waals surface area contributed by atoms with E-state index in [9.17, 15) is 13.2 Å². The van der Waals surface area contributed by atoms with Crippen LogP contribution in [-0.2, 0) is 17.6 Å². The van der Waals surface area contributed by atoms with Crippen molar-refractivity contribution >= 4 is 11.8 Å². The number of ether oxygens (including phenoxy) is 1. The summed E-state index contributed by atoms with van der Waals surface area (Å²) in [6.45, 7) is 3.88. The molecule has 26 heavy (non-hydrogen) atoms. The van der Waals surface area contributed by atoms with Gasteiger partial charge < -0.3 is 9.57 Å². The lowest BCUT2D eigenvalue weighted by Gasteiger charge is -2.10. The second-order valence-electron chi connectivity index (χ2n) is 5.73. The van der Waals surface area contributed by atoms with E-state index in [4.69, 9.17) is 9.57 Å². The molecule has 3 nitrogen and oxygen atoms in total. The zero-order chi connectivity index (χ0) is 19.2. The number of hydrogen-bond donors (Lipinski definition) is 0. The molecular weight excluding hydrogens is 343 g/mol. The summed E-state index contributed by atoms with van der Waals surface area (Å²) in [6.07, 6.45) is -1.20. The van der Waals surface area contributed by atoms with Crippen molar-refractivity contribution in [1.29, 1.82) is 0 Å². The van der Waals surface area contributed by atoms with E-state index < -0.39 is 11.7 Å². The highest BCUT2D eigenvalue weighted by Gasteiger charge is 2.30. The predicted molar refractivity (Wildman–Crippen MR) is 96.1 cm³/mol. The number of rotatable bonds is 6. The van der Waals surface area contributed by atoms with Gasteiger partial charge in [0, 0.05) is 5.56 Å². The first kappa shape index (κ1) is 19.6. The number of alkyl halides is 3. The van der Waals surface area contributed by atoms with Crippen LogP contribution >= 0.6 is 0 Å². The number of benzene rings is 2. The average molecular weight is 363 g/mol. The molecule has 0 unspecified atom stereocenters. The molecule has 0 spiro atoms. The number of nitrogens with zero attached hydrogens (tertiary/aromatic N) is 1. The van der Waals surface area contributed by atoms with Gasteiger partial charge in [-0.1, -0.05) is 41.6 Å². The lowest BCUT2D eigenvalue weighted by Crippen LogP contribution is -2.04.